The van der Waals surface area contributed by atoms with Crippen molar-refractivity contribution in [3.05, 3.63) is 24.1 Å². The van der Waals surface area contributed by atoms with E-state index in [1.54, 1.807) is 12.1 Å². The molecule has 5 heavy (non-hydrogen) atoms. The minimum absolute atomic E-state index is 0.593. The Morgan fingerprint density at radius 3 is 2.80 bits per heavy atom. The fraction of sp³-hybridized carbons (Fsp3) is 0. The Labute approximate surface area is 33.8 Å². The third-order valence-corrected chi connectivity index (χ3v) is 0.496. The van der Waals surface area contributed by atoms with Crippen molar-refractivity contribution in [3.63, 3.8) is 0 Å². The summed E-state index contributed by atoms with van der Waals surface area (Å²) in [4.78, 5) is 0. The number of rotatable bonds is 0. The lowest BCUT2D eigenvalue weighted by molar-refractivity contribution is 2.15. The summed E-state index contributed by atoms with van der Waals surface area (Å²) in [5.74, 6) is 3.60. The lowest BCUT2D eigenvalue weighted by Crippen LogP contribution is -1.63. The summed E-state index contributed by atoms with van der Waals surface area (Å²) in [5.41, 5.74) is 0. The first-order valence-electron chi connectivity index (χ1n) is 2.08. The summed E-state index contributed by atoms with van der Waals surface area (Å²) in [5, 5.41) is 0. The van der Waals surface area contributed by atoms with Gasteiger partial charge in [-0.3, -0.25) is 0 Å². The van der Waals surface area contributed by atoms with Gasteiger partial charge in [0.15, 0.2) is 7.28 Å². The van der Waals surface area contributed by atoms with Crippen LogP contribution in [0.1, 0.15) is 1.37 Å². The van der Waals surface area contributed by atoms with Crippen molar-refractivity contribution < 1.29 is 1.37 Å². The van der Waals surface area contributed by atoms with Crippen molar-refractivity contribution in [2.45, 2.75) is 0 Å². The molecule has 1 radical (unpaired) electrons. The summed E-state index contributed by atoms with van der Waals surface area (Å²) in [6.07, 6.45) is 1.75. The zero-order valence-electron chi connectivity index (χ0n) is 3.81. The van der Waals surface area contributed by atoms with Crippen LogP contribution >= 0.6 is 0 Å². The SMILES string of the molecule is [3H]C1=C[B]C=C1. The van der Waals surface area contributed by atoms with Crippen LogP contribution in [0.4, 0.5) is 0 Å². The van der Waals surface area contributed by atoms with Crippen LogP contribution in [0.2, 0.25) is 0 Å². The van der Waals surface area contributed by atoms with Gasteiger partial charge in [-0.2, -0.15) is 0 Å². The second-order valence-corrected chi connectivity index (χ2v) is 0.885. The van der Waals surface area contributed by atoms with Gasteiger partial charge >= 0.3 is 0 Å². The van der Waals surface area contributed by atoms with Crippen molar-refractivity contribution in [1.82, 2.24) is 0 Å². The average molecular weight is 64.9 g/mol. The van der Waals surface area contributed by atoms with Crippen molar-refractivity contribution in [1.29, 1.82) is 0 Å². The van der Waals surface area contributed by atoms with Crippen LogP contribution in [0.3, 0.4) is 0 Å². The summed E-state index contributed by atoms with van der Waals surface area (Å²) in [6.45, 7) is 0. The Kier molecular flexibility index (Phi) is 0.413. The Morgan fingerprint density at radius 2 is 2.60 bits per heavy atom. The maximum Gasteiger partial charge on any atom is 0.171 e. The highest BCUT2D eigenvalue weighted by Gasteiger charge is 1.75. The highest BCUT2D eigenvalue weighted by molar-refractivity contribution is 6.49. The predicted octanol–water partition coefficient (Wildman–Crippen LogP) is 0.732. The second kappa shape index (κ2) is 1.11. The van der Waals surface area contributed by atoms with Gasteiger partial charge in [0.05, 0.1) is 1.37 Å². The first kappa shape index (κ1) is 1.86. The first-order chi connectivity index (χ1) is 2.89. The van der Waals surface area contributed by atoms with Gasteiger partial charge in [0.1, 0.15) is 0 Å². The Bertz CT molecular complexity index is 101. The third-order valence-electron chi connectivity index (χ3n) is 0.496. The molecular formula is C4H4B. The van der Waals surface area contributed by atoms with Crippen molar-refractivity contribution in [3.8, 4) is 0 Å². The third kappa shape index (κ3) is 0.410. The van der Waals surface area contributed by atoms with Crippen molar-refractivity contribution in [2.24, 2.45) is 0 Å². The zero-order chi connectivity index (χ0) is 4.41. The van der Waals surface area contributed by atoms with E-state index in [1.165, 1.54) is 0 Å². The van der Waals surface area contributed by atoms with E-state index in [4.69, 9.17) is 1.37 Å². The van der Waals surface area contributed by atoms with Gasteiger partial charge in [-0.15, -0.1) is 12.0 Å². The quantitative estimate of drug-likeness (QED) is 0.365. The molecule has 0 saturated heterocycles. The predicted molar refractivity (Wildman–Crippen MR) is 24.0 cm³/mol. The van der Waals surface area contributed by atoms with Crippen LogP contribution in [-0.2, 0) is 0 Å². The fourth-order valence-corrected chi connectivity index (χ4v) is 0.278. The van der Waals surface area contributed by atoms with Gasteiger partial charge in [0.25, 0.3) is 0 Å². The molecule has 1 heterocycles. The molecule has 0 unspecified atom stereocenters. The van der Waals surface area contributed by atoms with Crippen LogP contribution in [0, 0.1) is 0 Å². The van der Waals surface area contributed by atoms with Gasteiger partial charge in [0.2, 0.25) is 0 Å². The Balaban J connectivity index is 2.68. The average Bonchev–Trinajstić information content (AvgIpc) is 1.86. The van der Waals surface area contributed by atoms with Crippen LogP contribution < -0.4 is 0 Å². The van der Waals surface area contributed by atoms with Gasteiger partial charge in [-0.25, -0.2) is 0 Å². The molecule has 0 atom stereocenters. The number of hydrogen-bond acceptors (Lipinski definition) is 0. The van der Waals surface area contributed by atoms with Gasteiger partial charge in [-0.05, 0) is 0 Å². The van der Waals surface area contributed by atoms with Crippen LogP contribution in [0.25, 0.3) is 0 Å². The second-order valence-electron chi connectivity index (χ2n) is 0.885. The van der Waals surface area contributed by atoms with Crippen LogP contribution in [0.5, 0.6) is 0 Å². The first-order valence-corrected chi connectivity index (χ1v) is 1.58. The van der Waals surface area contributed by atoms with E-state index in [1.807, 2.05) is 13.3 Å². The molecule has 0 aromatic heterocycles. The lowest BCUT2D eigenvalue weighted by atomic mass is 9.83. The molecule has 0 nitrogen and oxygen atoms in total. The van der Waals surface area contributed by atoms with Gasteiger partial charge in [0, 0.05) is 0 Å². The minimum Gasteiger partial charge on any atom is -0.117 e. The maximum absolute atomic E-state index is 6.88. The molecule has 0 aliphatic carbocycles. The van der Waals surface area contributed by atoms with E-state index in [2.05, 4.69) is 0 Å². The van der Waals surface area contributed by atoms with Gasteiger partial charge < -0.3 is 0 Å². The Hall–Kier alpha value is -0.455. The molecule has 0 bridgehead atoms. The molecule has 0 aromatic rings. The van der Waals surface area contributed by atoms with E-state index in [-0.39, 0.29) is 0 Å². The standard InChI is InChI=1S/C4H4B/c1-2-4-5-3-1/h1-4H/i1T. The molecule has 1 rings (SSSR count). The van der Waals surface area contributed by atoms with Crippen molar-refractivity contribution >= 4 is 7.28 Å². The van der Waals surface area contributed by atoms with Crippen LogP contribution in [0.15, 0.2) is 24.1 Å². The van der Waals surface area contributed by atoms with Crippen molar-refractivity contribution in [2.75, 3.05) is 0 Å². The molecule has 0 saturated carbocycles. The molecule has 1 heteroatoms. The molecule has 23 valence electrons. The van der Waals surface area contributed by atoms with Gasteiger partial charge in [-0.1, -0.05) is 12.1 Å². The largest absolute Gasteiger partial charge is 0.171 e. The summed E-state index contributed by atoms with van der Waals surface area (Å²) < 4.78 is 6.88. The lowest BCUT2D eigenvalue weighted by Gasteiger charge is -1.51. The van der Waals surface area contributed by atoms with E-state index in [9.17, 15) is 0 Å². The highest BCUT2D eigenvalue weighted by Crippen LogP contribution is 1.82. The summed E-state index contributed by atoms with van der Waals surface area (Å²) >= 11 is 0. The summed E-state index contributed by atoms with van der Waals surface area (Å²) in [7, 11) is 1.85. The highest BCUT2D eigenvalue weighted by atomic mass is 13.6. The minimum atomic E-state index is 0.593. The fourth-order valence-electron chi connectivity index (χ4n) is 0.278. The molecule has 1 aliphatic heterocycles. The van der Waals surface area contributed by atoms with E-state index in [0.717, 1.165) is 0 Å². The normalized spacial score (nSPS) is 20.8. The van der Waals surface area contributed by atoms with Crippen LogP contribution in [-0.4, -0.2) is 7.28 Å². The molecule has 0 N–H and O–H groups in total. The number of hydrogen-bond donors (Lipinski definition) is 0. The number of allylic oxidation sites excluding steroid dienone is 2. The molecular weight excluding hydrogens is 58.9 g/mol. The zero-order valence-corrected chi connectivity index (χ0v) is 2.81. The molecule has 0 amide bonds. The maximum atomic E-state index is 6.88. The molecule has 0 fully saturated rings. The summed E-state index contributed by atoms with van der Waals surface area (Å²) in [6, 6.07) is 0.593. The smallest absolute Gasteiger partial charge is 0.117 e. The Morgan fingerprint density at radius 1 is 1.60 bits per heavy atom. The molecule has 1 aliphatic rings. The molecule has 0 aromatic carbocycles. The van der Waals surface area contributed by atoms with E-state index in [0.29, 0.717) is 6.05 Å². The molecule has 0 spiro atoms. The topological polar surface area (TPSA) is 0 Å². The van der Waals surface area contributed by atoms with E-state index >= 15 is 0 Å². The van der Waals surface area contributed by atoms with E-state index < -0.39 is 0 Å². The monoisotopic (exact) mass is 65.0 g/mol.